The molecule has 52 valence electrons. The molecule has 0 spiro atoms. The Labute approximate surface area is 65.9 Å². The van der Waals surface area contributed by atoms with E-state index in [4.69, 9.17) is 5.41 Å². The summed E-state index contributed by atoms with van der Waals surface area (Å²) in [5.41, 5.74) is 0.164. The Morgan fingerprint density at radius 1 is 1.70 bits per heavy atom. The zero-order valence-electron chi connectivity index (χ0n) is 5.04. The van der Waals surface area contributed by atoms with Crippen LogP contribution in [0, 0.1) is 5.41 Å². The van der Waals surface area contributed by atoms with Crippen LogP contribution in [-0.2, 0) is 4.79 Å². The normalized spacial score (nSPS) is 9.30. The summed E-state index contributed by atoms with van der Waals surface area (Å²) in [6, 6.07) is 3.40. The molecule has 0 unspecified atom stereocenters. The molecule has 1 N–H and O–H groups in total. The van der Waals surface area contributed by atoms with Gasteiger partial charge in [0, 0.05) is 6.20 Å². The summed E-state index contributed by atoms with van der Waals surface area (Å²) in [6.45, 7) is 0. The van der Waals surface area contributed by atoms with Crippen LogP contribution in [0.5, 0.6) is 0 Å². The molecule has 3 nitrogen and oxygen atoms in total. The predicted molar refractivity (Wildman–Crippen MR) is 40.1 cm³/mol. The molecule has 1 heterocycles. The summed E-state index contributed by atoms with van der Waals surface area (Å²) in [4.78, 5) is 10.2. The van der Waals surface area contributed by atoms with Gasteiger partial charge in [-0.1, -0.05) is 0 Å². The lowest BCUT2D eigenvalue weighted by Gasteiger charge is -1.95. The number of nitrogens with one attached hydrogen (secondary N) is 1. The largest absolute Gasteiger partial charge is 0.283 e. The number of pyridine rings is 1. The van der Waals surface area contributed by atoms with Gasteiger partial charge in [-0.05, 0) is 28.1 Å². The van der Waals surface area contributed by atoms with E-state index in [2.05, 4.69) is 15.9 Å². The lowest BCUT2D eigenvalue weighted by molar-refractivity contribution is 0.544. The molecule has 1 aromatic rings. The van der Waals surface area contributed by atoms with Crippen LogP contribution < -0.4 is 5.49 Å². The number of nitrogens with zero attached hydrogens (tertiary/aromatic N) is 1. The molecule has 0 radical (unpaired) electrons. The minimum atomic E-state index is 0.164. The number of hydrogen-bond donors (Lipinski definition) is 1. The van der Waals surface area contributed by atoms with Gasteiger partial charge < -0.3 is 0 Å². The van der Waals surface area contributed by atoms with Crippen LogP contribution in [-0.4, -0.2) is 11.0 Å². The smallest absolute Gasteiger partial charge is 0.219 e. The maximum absolute atomic E-state index is 10.2. The Bertz CT molecular complexity index is 305. The van der Waals surface area contributed by atoms with Crippen LogP contribution in [0.3, 0.4) is 0 Å². The topological polar surface area (TPSA) is 45.9 Å². The van der Waals surface area contributed by atoms with Crippen LogP contribution in [0.25, 0.3) is 0 Å². The Hall–Kier alpha value is -0.900. The van der Waals surface area contributed by atoms with Crippen molar-refractivity contribution in [1.82, 2.24) is 4.57 Å². The van der Waals surface area contributed by atoms with E-state index in [1.165, 1.54) is 10.8 Å². The number of rotatable bonds is 1. The standard InChI is InChI=1S/C6H5BrN2O/c7-5-2-1-3-9(4-10)6(5)8/h1-4,8H. The van der Waals surface area contributed by atoms with Crippen LogP contribution in [0.2, 0.25) is 0 Å². The maximum atomic E-state index is 10.2. The Balaban J connectivity index is 3.42. The third-order valence-corrected chi connectivity index (χ3v) is 1.73. The monoisotopic (exact) mass is 200 g/mol. The minimum absolute atomic E-state index is 0.164. The van der Waals surface area contributed by atoms with Crippen molar-refractivity contribution in [3.05, 3.63) is 28.3 Å². The van der Waals surface area contributed by atoms with Crippen molar-refractivity contribution >= 4 is 22.3 Å². The van der Waals surface area contributed by atoms with Gasteiger partial charge >= 0.3 is 0 Å². The van der Waals surface area contributed by atoms with Gasteiger partial charge in [0.05, 0.1) is 4.47 Å². The molecule has 10 heavy (non-hydrogen) atoms. The zero-order valence-corrected chi connectivity index (χ0v) is 6.63. The van der Waals surface area contributed by atoms with Crippen LogP contribution in [0.4, 0.5) is 0 Å². The maximum Gasteiger partial charge on any atom is 0.219 e. The molecule has 1 rings (SSSR count). The summed E-state index contributed by atoms with van der Waals surface area (Å²) < 4.78 is 1.80. The zero-order chi connectivity index (χ0) is 7.56. The SMILES string of the molecule is N=c1c(Br)cccn1C=O. The fourth-order valence-corrected chi connectivity index (χ4v) is 0.942. The summed E-state index contributed by atoms with van der Waals surface area (Å²) >= 11 is 3.12. The molecular formula is C6H5BrN2O. The van der Waals surface area contributed by atoms with Crippen molar-refractivity contribution in [2.24, 2.45) is 0 Å². The fraction of sp³-hybridized carbons (Fsp3) is 0. The van der Waals surface area contributed by atoms with Crippen molar-refractivity contribution in [2.45, 2.75) is 0 Å². The molecule has 0 saturated carbocycles. The third kappa shape index (κ3) is 1.16. The van der Waals surface area contributed by atoms with Crippen molar-refractivity contribution in [3.8, 4) is 0 Å². The lowest BCUT2D eigenvalue weighted by atomic mass is 10.5. The summed E-state index contributed by atoms with van der Waals surface area (Å²) in [7, 11) is 0. The van der Waals surface area contributed by atoms with Gasteiger partial charge in [-0.25, -0.2) is 0 Å². The average Bonchev–Trinajstić information content (AvgIpc) is 1.95. The van der Waals surface area contributed by atoms with Gasteiger partial charge in [-0.15, -0.1) is 0 Å². The van der Waals surface area contributed by atoms with Gasteiger partial charge in [0.1, 0.15) is 5.49 Å². The first-order chi connectivity index (χ1) is 4.75. The Morgan fingerprint density at radius 3 is 2.90 bits per heavy atom. The Morgan fingerprint density at radius 2 is 2.40 bits per heavy atom. The molecule has 0 aliphatic heterocycles. The second kappa shape index (κ2) is 2.79. The van der Waals surface area contributed by atoms with Crippen LogP contribution in [0.1, 0.15) is 0 Å². The van der Waals surface area contributed by atoms with Gasteiger partial charge in [0.2, 0.25) is 6.41 Å². The lowest BCUT2D eigenvalue weighted by Crippen LogP contribution is -2.18. The fourth-order valence-electron chi connectivity index (χ4n) is 0.585. The molecule has 1 aromatic heterocycles. The third-order valence-electron chi connectivity index (χ3n) is 1.09. The molecule has 0 saturated heterocycles. The summed E-state index contributed by atoms with van der Waals surface area (Å²) in [5, 5.41) is 7.28. The van der Waals surface area contributed by atoms with Crippen molar-refractivity contribution < 1.29 is 4.79 Å². The number of carbonyl (C=O) groups excluding carboxylic acids is 1. The predicted octanol–water partition coefficient (Wildman–Crippen LogP) is 0.768. The van der Waals surface area contributed by atoms with E-state index >= 15 is 0 Å². The number of halogens is 1. The first kappa shape index (κ1) is 7.21. The molecule has 0 amide bonds. The van der Waals surface area contributed by atoms with Gasteiger partial charge in [0.25, 0.3) is 0 Å². The number of carbonyl (C=O) groups is 1. The van der Waals surface area contributed by atoms with E-state index in [9.17, 15) is 4.79 Å². The molecule has 0 bridgehead atoms. The van der Waals surface area contributed by atoms with E-state index in [0.717, 1.165) is 0 Å². The van der Waals surface area contributed by atoms with E-state index in [0.29, 0.717) is 10.9 Å². The second-order valence-corrected chi connectivity index (χ2v) is 2.57. The highest BCUT2D eigenvalue weighted by molar-refractivity contribution is 9.10. The van der Waals surface area contributed by atoms with Crippen LogP contribution >= 0.6 is 15.9 Å². The van der Waals surface area contributed by atoms with E-state index in [1.54, 1.807) is 12.1 Å². The van der Waals surface area contributed by atoms with E-state index in [1.807, 2.05) is 0 Å². The highest BCUT2D eigenvalue weighted by atomic mass is 79.9. The Kier molecular flexibility index (Phi) is 2.01. The molecule has 0 fully saturated rings. The highest BCUT2D eigenvalue weighted by Gasteiger charge is 1.91. The molecular weight excluding hydrogens is 196 g/mol. The van der Waals surface area contributed by atoms with Gasteiger partial charge in [-0.3, -0.25) is 14.8 Å². The van der Waals surface area contributed by atoms with Crippen molar-refractivity contribution in [1.29, 1.82) is 5.41 Å². The molecule has 0 aliphatic rings. The van der Waals surface area contributed by atoms with E-state index in [-0.39, 0.29) is 5.49 Å². The van der Waals surface area contributed by atoms with Gasteiger partial charge in [0.15, 0.2) is 0 Å². The van der Waals surface area contributed by atoms with E-state index < -0.39 is 0 Å². The first-order valence-corrected chi connectivity index (χ1v) is 3.41. The summed E-state index contributed by atoms with van der Waals surface area (Å²) in [5.74, 6) is 0. The molecule has 0 aliphatic carbocycles. The van der Waals surface area contributed by atoms with Crippen molar-refractivity contribution in [3.63, 3.8) is 0 Å². The first-order valence-electron chi connectivity index (χ1n) is 2.62. The summed E-state index contributed by atoms with van der Waals surface area (Å²) in [6.07, 6.45) is 2.12. The van der Waals surface area contributed by atoms with Crippen LogP contribution in [0.15, 0.2) is 22.8 Å². The molecule has 0 aromatic carbocycles. The molecule has 4 heteroatoms. The average molecular weight is 201 g/mol. The van der Waals surface area contributed by atoms with Crippen molar-refractivity contribution in [2.75, 3.05) is 0 Å². The second-order valence-electron chi connectivity index (χ2n) is 1.72. The highest BCUT2D eigenvalue weighted by Crippen LogP contribution is 1.98. The quantitative estimate of drug-likeness (QED) is 0.670. The number of hydrogen-bond acceptors (Lipinski definition) is 2. The molecule has 0 atom stereocenters. The number of aromatic nitrogens is 1. The minimum Gasteiger partial charge on any atom is -0.283 e. The van der Waals surface area contributed by atoms with Gasteiger partial charge in [-0.2, -0.15) is 0 Å².